The maximum absolute atomic E-state index is 12.1. The first-order valence-electron chi connectivity index (χ1n) is 7.11. The first-order chi connectivity index (χ1) is 10.7. The van der Waals surface area contributed by atoms with Crippen molar-refractivity contribution in [2.24, 2.45) is 0 Å². The van der Waals surface area contributed by atoms with Crippen LogP contribution < -0.4 is 0 Å². The second-order valence-electron chi connectivity index (χ2n) is 5.06. The molecule has 0 saturated heterocycles. The number of carbonyl (C=O) groups excluding carboxylic acids is 1. The van der Waals surface area contributed by atoms with Crippen LogP contribution in [0.1, 0.15) is 15.9 Å². The van der Waals surface area contributed by atoms with Crippen LogP contribution in [0.25, 0.3) is 10.9 Å². The minimum atomic E-state index is -0.318. The molecule has 3 aromatic rings. The van der Waals surface area contributed by atoms with Gasteiger partial charge in [-0.15, -0.1) is 0 Å². The van der Waals surface area contributed by atoms with E-state index in [1.165, 1.54) is 12.7 Å². The summed E-state index contributed by atoms with van der Waals surface area (Å²) < 4.78 is 7.81. The third-order valence-corrected chi connectivity index (χ3v) is 4.59. The van der Waals surface area contributed by atoms with Gasteiger partial charge in [0.25, 0.3) is 0 Å². The summed E-state index contributed by atoms with van der Waals surface area (Å²) in [6, 6.07) is 18.2. The summed E-state index contributed by atoms with van der Waals surface area (Å²) in [5.41, 5.74) is 2.89. The van der Waals surface area contributed by atoms with Crippen molar-refractivity contribution in [3.63, 3.8) is 0 Å². The van der Waals surface area contributed by atoms with Crippen molar-refractivity contribution < 1.29 is 9.53 Å². The van der Waals surface area contributed by atoms with Gasteiger partial charge in [0.15, 0.2) is 0 Å². The number of ether oxygens (including phenoxy) is 1. The summed E-state index contributed by atoms with van der Waals surface area (Å²) in [4.78, 5) is 12.1. The highest BCUT2D eigenvalue weighted by atomic mass is 79.9. The maximum atomic E-state index is 12.1. The maximum Gasteiger partial charge on any atom is 0.341 e. The van der Waals surface area contributed by atoms with Crippen LogP contribution in [0.5, 0.6) is 0 Å². The molecule has 2 aromatic carbocycles. The molecular formula is C18H16BrNO2. The number of hydrogen-bond donors (Lipinski definition) is 0. The van der Waals surface area contributed by atoms with Gasteiger partial charge in [0, 0.05) is 17.4 Å². The van der Waals surface area contributed by atoms with E-state index >= 15 is 0 Å². The van der Waals surface area contributed by atoms with Crippen molar-refractivity contribution in [2.45, 2.75) is 13.0 Å². The molecule has 0 atom stereocenters. The zero-order valence-electron chi connectivity index (χ0n) is 12.3. The summed E-state index contributed by atoms with van der Waals surface area (Å²) in [5.74, 6) is -0.318. The first kappa shape index (κ1) is 14.9. The smallest absolute Gasteiger partial charge is 0.341 e. The number of aromatic nitrogens is 1. The zero-order chi connectivity index (χ0) is 15.5. The van der Waals surface area contributed by atoms with Crippen LogP contribution >= 0.6 is 15.9 Å². The first-order valence-corrected chi connectivity index (χ1v) is 7.90. The molecule has 0 spiro atoms. The highest BCUT2D eigenvalue weighted by Crippen LogP contribution is 2.31. The minimum absolute atomic E-state index is 0.318. The monoisotopic (exact) mass is 357 g/mol. The van der Waals surface area contributed by atoms with E-state index in [1.54, 1.807) is 0 Å². The predicted octanol–water partition coefficient (Wildman–Crippen LogP) is 4.43. The molecule has 0 N–H and O–H groups in total. The second-order valence-corrected chi connectivity index (χ2v) is 5.81. The molecule has 0 unspecified atom stereocenters. The molecule has 0 amide bonds. The van der Waals surface area contributed by atoms with Gasteiger partial charge in [-0.1, -0.05) is 48.5 Å². The van der Waals surface area contributed by atoms with E-state index in [1.807, 2.05) is 42.5 Å². The Kier molecular flexibility index (Phi) is 4.29. The fourth-order valence-corrected chi connectivity index (χ4v) is 3.42. The SMILES string of the molecule is COC(=O)c1c(Br)n(CCc2ccccc2)c2ccccc12. The molecule has 22 heavy (non-hydrogen) atoms. The Hall–Kier alpha value is -2.07. The number of hydrogen-bond acceptors (Lipinski definition) is 2. The molecular weight excluding hydrogens is 342 g/mol. The molecule has 1 heterocycles. The fraction of sp³-hybridized carbons (Fsp3) is 0.167. The Labute approximate surface area is 137 Å². The van der Waals surface area contributed by atoms with E-state index in [-0.39, 0.29) is 5.97 Å². The van der Waals surface area contributed by atoms with Gasteiger partial charge >= 0.3 is 5.97 Å². The Morgan fingerprint density at radius 2 is 1.77 bits per heavy atom. The van der Waals surface area contributed by atoms with E-state index in [9.17, 15) is 4.79 Å². The Balaban J connectivity index is 2.02. The highest BCUT2D eigenvalue weighted by molar-refractivity contribution is 9.10. The lowest BCUT2D eigenvalue weighted by Crippen LogP contribution is -2.04. The van der Waals surface area contributed by atoms with E-state index < -0.39 is 0 Å². The Bertz CT molecular complexity index is 809. The molecule has 1 aromatic heterocycles. The molecule has 3 rings (SSSR count). The lowest BCUT2D eigenvalue weighted by Gasteiger charge is -2.07. The van der Waals surface area contributed by atoms with E-state index in [4.69, 9.17) is 4.74 Å². The molecule has 0 aliphatic heterocycles. The Morgan fingerprint density at radius 3 is 2.50 bits per heavy atom. The molecule has 0 radical (unpaired) electrons. The van der Waals surface area contributed by atoms with Gasteiger partial charge < -0.3 is 9.30 Å². The van der Waals surface area contributed by atoms with Gasteiger partial charge in [-0.2, -0.15) is 0 Å². The number of nitrogens with zero attached hydrogens (tertiary/aromatic N) is 1. The number of halogens is 1. The van der Waals surface area contributed by atoms with Crippen molar-refractivity contribution in [3.05, 3.63) is 70.3 Å². The number of carbonyl (C=O) groups is 1. The van der Waals surface area contributed by atoms with Gasteiger partial charge in [0.1, 0.15) is 4.60 Å². The average Bonchev–Trinajstić information content (AvgIpc) is 2.85. The normalized spacial score (nSPS) is 10.8. The van der Waals surface area contributed by atoms with Crippen molar-refractivity contribution in [3.8, 4) is 0 Å². The Morgan fingerprint density at radius 1 is 1.09 bits per heavy atom. The van der Waals surface area contributed by atoms with Crippen molar-refractivity contribution >= 4 is 32.8 Å². The minimum Gasteiger partial charge on any atom is -0.465 e. The predicted molar refractivity (Wildman–Crippen MR) is 91.1 cm³/mol. The molecule has 0 fully saturated rings. The zero-order valence-corrected chi connectivity index (χ0v) is 13.8. The summed E-state index contributed by atoms with van der Waals surface area (Å²) in [5, 5.41) is 0.911. The third-order valence-electron chi connectivity index (χ3n) is 3.76. The van der Waals surface area contributed by atoms with Gasteiger partial charge in [-0.25, -0.2) is 4.79 Å². The van der Waals surface area contributed by atoms with Gasteiger partial charge in [0.2, 0.25) is 0 Å². The summed E-state index contributed by atoms with van der Waals surface area (Å²) >= 11 is 3.57. The van der Waals surface area contributed by atoms with Crippen molar-refractivity contribution in [1.29, 1.82) is 0 Å². The van der Waals surface area contributed by atoms with Gasteiger partial charge in [-0.05, 0) is 34.0 Å². The summed E-state index contributed by atoms with van der Waals surface area (Å²) in [6.07, 6.45) is 0.902. The second kappa shape index (κ2) is 6.36. The van der Waals surface area contributed by atoms with Crippen molar-refractivity contribution in [1.82, 2.24) is 4.57 Å². The third kappa shape index (κ3) is 2.66. The van der Waals surface area contributed by atoms with E-state index in [0.717, 1.165) is 28.5 Å². The summed E-state index contributed by atoms with van der Waals surface area (Å²) in [7, 11) is 1.41. The molecule has 4 heteroatoms. The molecule has 112 valence electrons. The number of methoxy groups -OCH3 is 1. The molecule has 3 nitrogen and oxygen atoms in total. The van der Waals surface area contributed by atoms with Crippen LogP contribution in [0.3, 0.4) is 0 Å². The number of rotatable bonds is 4. The lowest BCUT2D eigenvalue weighted by atomic mass is 10.1. The number of benzene rings is 2. The number of fused-ring (bicyclic) bond motifs is 1. The van der Waals surface area contributed by atoms with Gasteiger partial charge in [0.05, 0.1) is 12.7 Å². The number of para-hydroxylation sites is 1. The quantitative estimate of drug-likeness (QED) is 0.646. The van der Waals surface area contributed by atoms with E-state index in [0.29, 0.717) is 5.56 Å². The van der Waals surface area contributed by atoms with Crippen molar-refractivity contribution in [2.75, 3.05) is 7.11 Å². The van der Waals surface area contributed by atoms with Crippen LogP contribution in [0.2, 0.25) is 0 Å². The van der Waals surface area contributed by atoms with Crippen LogP contribution in [-0.2, 0) is 17.7 Å². The highest BCUT2D eigenvalue weighted by Gasteiger charge is 2.21. The molecule has 0 aliphatic rings. The molecule has 0 bridgehead atoms. The van der Waals surface area contributed by atoms with Crippen LogP contribution in [0.4, 0.5) is 0 Å². The van der Waals surface area contributed by atoms with Crippen LogP contribution in [0, 0.1) is 0 Å². The number of aryl methyl sites for hydroxylation is 2. The summed E-state index contributed by atoms with van der Waals surface area (Å²) in [6.45, 7) is 0.794. The topological polar surface area (TPSA) is 31.2 Å². The van der Waals surface area contributed by atoms with Crippen LogP contribution in [0.15, 0.2) is 59.2 Å². The lowest BCUT2D eigenvalue weighted by molar-refractivity contribution is 0.0601. The largest absolute Gasteiger partial charge is 0.465 e. The molecule has 0 saturated carbocycles. The standard InChI is InChI=1S/C18H16BrNO2/c1-22-18(21)16-14-9-5-6-10-15(14)20(17(16)19)12-11-13-7-3-2-4-8-13/h2-10H,11-12H2,1H3. The fourth-order valence-electron chi connectivity index (χ4n) is 2.67. The average molecular weight is 358 g/mol. The van der Waals surface area contributed by atoms with Gasteiger partial charge in [-0.3, -0.25) is 0 Å². The van der Waals surface area contributed by atoms with Crippen LogP contribution in [-0.4, -0.2) is 17.6 Å². The van der Waals surface area contributed by atoms with E-state index in [2.05, 4.69) is 32.6 Å². The molecule has 0 aliphatic carbocycles. The number of esters is 1.